The summed E-state index contributed by atoms with van der Waals surface area (Å²) in [7, 11) is 0. The SMILES string of the molecule is CC1CN(c2ccc(F)c(C(F)(F)F)c2)C(=O)NC1=O. The van der Waals surface area contributed by atoms with E-state index in [2.05, 4.69) is 0 Å². The van der Waals surface area contributed by atoms with Gasteiger partial charge in [0.1, 0.15) is 5.82 Å². The van der Waals surface area contributed by atoms with Crippen LogP contribution in [-0.2, 0) is 11.0 Å². The topological polar surface area (TPSA) is 49.4 Å². The first-order valence-electron chi connectivity index (χ1n) is 5.69. The molecule has 0 bridgehead atoms. The summed E-state index contributed by atoms with van der Waals surface area (Å²) in [5.74, 6) is -2.47. The number of anilines is 1. The van der Waals surface area contributed by atoms with E-state index in [0.29, 0.717) is 12.1 Å². The van der Waals surface area contributed by atoms with E-state index < -0.39 is 35.4 Å². The lowest BCUT2D eigenvalue weighted by Gasteiger charge is -2.30. The van der Waals surface area contributed by atoms with Crippen molar-refractivity contribution in [2.45, 2.75) is 13.1 Å². The van der Waals surface area contributed by atoms with Crippen LogP contribution in [0.1, 0.15) is 12.5 Å². The molecule has 2 rings (SSSR count). The molecule has 3 amide bonds. The van der Waals surface area contributed by atoms with Crippen molar-refractivity contribution in [2.75, 3.05) is 11.4 Å². The maximum Gasteiger partial charge on any atom is 0.419 e. The van der Waals surface area contributed by atoms with E-state index in [-0.39, 0.29) is 12.2 Å². The molecule has 1 unspecified atom stereocenters. The summed E-state index contributed by atoms with van der Waals surface area (Å²) in [6.07, 6.45) is -4.85. The first-order valence-corrected chi connectivity index (χ1v) is 5.69. The number of halogens is 4. The molecule has 0 radical (unpaired) electrons. The number of benzene rings is 1. The summed E-state index contributed by atoms with van der Waals surface area (Å²) in [5.41, 5.74) is -1.57. The Labute approximate surface area is 111 Å². The molecule has 0 aliphatic carbocycles. The van der Waals surface area contributed by atoms with Crippen LogP contribution in [0.2, 0.25) is 0 Å². The Morgan fingerprint density at radius 3 is 2.55 bits per heavy atom. The van der Waals surface area contributed by atoms with Gasteiger partial charge in [0, 0.05) is 12.2 Å². The van der Waals surface area contributed by atoms with E-state index in [1.165, 1.54) is 6.92 Å². The van der Waals surface area contributed by atoms with Crippen LogP contribution >= 0.6 is 0 Å². The normalized spacial score (nSPS) is 20.1. The molecule has 1 aliphatic rings. The molecule has 1 N–H and O–H groups in total. The fourth-order valence-corrected chi connectivity index (χ4v) is 1.86. The first kappa shape index (κ1) is 14.3. The fourth-order valence-electron chi connectivity index (χ4n) is 1.86. The zero-order valence-electron chi connectivity index (χ0n) is 10.3. The average molecular weight is 290 g/mol. The molecule has 1 saturated heterocycles. The summed E-state index contributed by atoms with van der Waals surface area (Å²) in [6, 6.07) is 1.43. The molecule has 0 saturated carbocycles. The zero-order chi connectivity index (χ0) is 15.1. The standard InChI is InChI=1S/C12H10F4N2O2/c1-6-5-18(11(20)17-10(6)19)7-2-3-9(13)8(4-7)12(14,15)16/h2-4,6H,5H2,1H3,(H,17,19,20). The second-order valence-electron chi connectivity index (χ2n) is 4.47. The third-order valence-corrected chi connectivity index (χ3v) is 2.95. The van der Waals surface area contributed by atoms with E-state index >= 15 is 0 Å². The van der Waals surface area contributed by atoms with Crippen molar-refractivity contribution in [1.82, 2.24) is 5.32 Å². The molecule has 0 spiro atoms. The summed E-state index contributed by atoms with van der Waals surface area (Å²) in [5, 5.41) is 2.02. The van der Waals surface area contributed by atoms with Gasteiger partial charge in [-0.05, 0) is 18.2 Å². The molecule has 1 atom stereocenters. The number of urea groups is 1. The van der Waals surface area contributed by atoms with Crippen LogP contribution in [0.15, 0.2) is 18.2 Å². The van der Waals surface area contributed by atoms with Gasteiger partial charge in [-0.2, -0.15) is 13.2 Å². The predicted octanol–water partition coefficient (Wildman–Crippen LogP) is 2.54. The van der Waals surface area contributed by atoms with E-state index in [1.807, 2.05) is 5.32 Å². The monoisotopic (exact) mass is 290 g/mol. The lowest BCUT2D eigenvalue weighted by atomic mass is 10.1. The molecule has 20 heavy (non-hydrogen) atoms. The summed E-state index contributed by atoms with van der Waals surface area (Å²) < 4.78 is 51.0. The molecule has 1 aromatic carbocycles. The molecule has 8 heteroatoms. The largest absolute Gasteiger partial charge is 0.419 e. The highest BCUT2D eigenvalue weighted by molar-refractivity contribution is 6.06. The Bertz CT molecular complexity index is 571. The van der Waals surface area contributed by atoms with Crippen LogP contribution in [0, 0.1) is 11.7 Å². The Hall–Kier alpha value is -2.12. The van der Waals surface area contributed by atoms with Gasteiger partial charge < -0.3 is 0 Å². The third kappa shape index (κ3) is 2.59. The number of nitrogens with one attached hydrogen (secondary N) is 1. The lowest BCUT2D eigenvalue weighted by molar-refractivity contribution is -0.140. The molecule has 1 heterocycles. The van der Waals surface area contributed by atoms with E-state index in [9.17, 15) is 27.2 Å². The molecular weight excluding hydrogens is 280 g/mol. The summed E-state index contributed by atoms with van der Waals surface area (Å²) in [4.78, 5) is 23.9. The van der Waals surface area contributed by atoms with Crippen molar-refractivity contribution >= 4 is 17.6 Å². The second-order valence-corrected chi connectivity index (χ2v) is 4.47. The van der Waals surface area contributed by atoms with Crippen LogP contribution < -0.4 is 10.2 Å². The smallest absolute Gasteiger partial charge is 0.293 e. The zero-order valence-corrected chi connectivity index (χ0v) is 10.3. The van der Waals surface area contributed by atoms with Crippen molar-refractivity contribution in [3.8, 4) is 0 Å². The van der Waals surface area contributed by atoms with Crippen molar-refractivity contribution in [2.24, 2.45) is 5.92 Å². The van der Waals surface area contributed by atoms with Crippen molar-refractivity contribution < 1.29 is 27.2 Å². The third-order valence-electron chi connectivity index (χ3n) is 2.95. The highest BCUT2D eigenvalue weighted by Crippen LogP contribution is 2.34. The molecule has 108 valence electrons. The Morgan fingerprint density at radius 2 is 1.95 bits per heavy atom. The van der Waals surface area contributed by atoms with E-state index in [0.717, 1.165) is 11.0 Å². The van der Waals surface area contributed by atoms with Crippen LogP contribution in [0.3, 0.4) is 0 Å². The van der Waals surface area contributed by atoms with E-state index in [4.69, 9.17) is 0 Å². The number of carbonyl (C=O) groups excluding carboxylic acids is 2. The van der Waals surface area contributed by atoms with Gasteiger partial charge >= 0.3 is 12.2 Å². The van der Waals surface area contributed by atoms with Crippen molar-refractivity contribution in [3.05, 3.63) is 29.6 Å². The number of nitrogens with zero attached hydrogens (tertiary/aromatic N) is 1. The molecular formula is C12H10F4N2O2. The van der Waals surface area contributed by atoms with Gasteiger partial charge in [0.05, 0.1) is 11.5 Å². The van der Waals surface area contributed by atoms with Gasteiger partial charge in [-0.3, -0.25) is 15.0 Å². The Balaban J connectivity index is 2.39. The molecule has 4 nitrogen and oxygen atoms in total. The quantitative estimate of drug-likeness (QED) is 0.808. The molecule has 1 fully saturated rings. The average Bonchev–Trinajstić information content (AvgIpc) is 2.33. The summed E-state index contributed by atoms with van der Waals surface area (Å²) >= 11 is 0. The number of rotatable bonds is 1. The second kappa shape index (κ2) is 4.77. The van der Waals surface area contributed by atoms with E-state index in [1.54, 1.807) is 0 Å². The van der Waals surface area contributed by atoms with Crippen molar-refractivity contribution in [3.63, 3.8) is 0 Å². The summed E-state index contributed by atoms with van der Waals surface area (Å²) in [6.45, 7) is 1.47. The van der Waals surface area contributed by atoms with Gasteiger partial charge in [-0.25, -0.2) is 9.18 Å². The van der Waals surface area contributed by atoms with Crippen molar-refractivity contribution in [1.29, 1.82) is 0 Å². The van der Waals surface area contributed by atoms with Crippen LogP contribution in [-0.4, -0.2) is 18.5 Å². The predicted molar refractivity (Wildman–Crippen MR) is 61.5 cm³/mol. The number of amides is 3. The highest BCUT2D eigenvalue weighted by atomic mass is 19.4. The number of imide groups is 1. The Kier molecular flexibility index (Phi) is 3.41. The van der Waals surface area contributed by atoms with Gasteiger partial charge in [-0.15, -0.1) is 0 Å². The van der Waals surface area contributed by atoms with Crippen LogP contribution in [0.25, 0.3) is 0 Å². The lowest BCUT2D eigenvalue weighted by Crippen LogP contribution is -2.54. The van der Waals surface area contributed by atoms with Gasteiger partial charge in [0.15, 0.2) is 0 Å². The fraction of sp³-hybridized carbons (Fsp3) is 0.333. The number of alkyl halides is 3. The van der Waals surface area contributed by atoms with Gasteiger partial charge in [-0.1, -0.05) is 6.92 Å². The maximum atomic E-state index is 13.2. The molecule has 1 aromatic rings. The number of carbonyl (C=O) groups is 2. The minimum Gasteiger partial charge on any atom is -0.293 e. The Morgan fingerprint density at radius 1 is 1.30 bits per heavy atom. The van der Waals surface area contributed by atoms with Crippen LogP contribution in [0.5, 0.6) is 0 Å². The number of hydrogen-bond acceptors (Lipinski definition) is 2. The number of hydrogen-bond donors (Lipinski definition) is 1. The van der Waals surface area contributed by atoms with Gasteiger partial charge in [0.2, 0.25) is 5.91 Å². The minimum atomic E-state index is -4.85. The van der Waals surface area contributed by atoms with Crippen LogP contribution in [0.4, 0.5) is 28.0 Å². The molecule has 0 aromatic heterocycles. The first-order chi connectivity index (χ1) is 9.20. The minimum absolute atomic E-state index is 0.0619. The molecule has 1 aliphatic heterocycles. The van der Waals surface area contributed by atoms with Gasteiger partial charge in [0.25, 0.3) is 0 Å². The maximum absolute atomic E-state index is 13.2. The highest BCUT2D eigenvalue weighted by Gasteiger charge is 2.36.